The zero-order valence-electron chi connectivity index (χ0n) is 11.8. The first-order valence-electron chi connectivity index (χ1n) is 6.57. The smallest absolute Gasteiger partial charge is 0.138 e. The number of hydrogen-bond acceptors (Lipinski definition) is 2. The van der Waals surface area contributed by atoms with Gasteiger partial charge in [0.15, 0.2) is 0 Å². The summed E-state index contributed by atoms with van der Waals surface area (Å²) in [6.07, 6.45) is -0.0537. The Balaban J connectivity index is 1.95. The first-order chi connectivity index (χ1) is 9.95. The van der Waals surface area contributed by atoms with Crippen LogP contribution in [0.2, 0.25) is 15.1 Å². The van der Waals surface area contributed by atoms with E-state index in [2.05, 4.69) is 5.32 Å². The molecule has 0 saturated carbocycles. The van der Waals surface area contributed by atoms with Gasteiger partial charge in [-0.2, -0.15) is 0 Å². The summed E-state index contributed by atoms with van der Waals surface area (Å²) in [5, 5.41) is 5.13. The van der Waals surface area contributed by atoms with E-state index in [4.69, 9.17) is 39.5 Å². The van der Waals surface area contributed by atoms with Crippen LogP contribution in [0.5, 0.6) is 5.75 Å². The maximum atomic E-state index is 6.09. The number of benzene rings is 2. The van der Waals surface area contributed by atoms with E-state index in [1.807, 2.05) is 32.0 Å². The maximum Gasteiger partial charge on any atom is 0.138 e. The van der Waals surface area contributed by atoms with E-state index >= 15 is 0 Å². The lowest BCUT2D eigenvalue weighted by Crippen LogP contribution is -2.23. The highest BCUT2D eigenvalue weighted by Gasteiger charge is 2.09. The van der Waals surface area contributed by atoms with Gasteiger partial charge in [-0.05, 0) is 49.7 Å². The molecule has 0 aliphatic rings. The van der Waals surface area contributed by atoms with Gasteiger partial charge in [0.25, 0.3) is 0 Å². The van der Waals surface area contributed by atoms with Gasteiger partial charge in [-0.25, -0.2) is 0 Å². The molecule has 0 spiro atoms. The van der Waals surface area contributed by atoms with Crippen LogP contribution in [-0.4, -0.2) is 12.6 Å². The second-order valence-corrected chi connectivity index (χ2v) is 6.12. The highest BCUT2D eigenvalue weighted by Crippen LogP contribution is 2.28. The molecular weight excluding hydrogens is 329 g/mol. The van der Waals surface area contributed by atoms with Crippen molar-refractivity contribution in [3.63, 3.8) is 0 Å². The fourth-order valence-corrected chi connectivity index (χ4v) is 2.49. The fraction of sp³-hybridized carbons (Fsp3) is 0.250. The highest BCUT2D eigenvalue weighted by molar-refractivity contribution is 6.35. The number of anilines is 1. The van der Waals surface area contributed by atoms with Crippen LogP contribution in [0, 0.1) is 6.92 Å². The van der Waals surface area contributed by atoms with Crippen LogP contribution in [0.4, 0.5) is 5.69 Å². The van der Waals surface area contributed by atoms with Crippen LogP contribution < -0.4 is 10.1 Å². The van der Waals surface area contributed by atoms with Crippen LogP contribution in [-0.2, 0) is 0 Å². The Morgan fingerprint density at radius 2 is 1.71 bits per heavy atom. The third-order valence-electron chi connectivity index (χ3n) is 3.00. The molecule has 2 nitrogen and oxygen atoms in total. The van der Waals surface area contributed by atoms with E-state index < -0.39 is 0 Å². The van der Waals surface area contributed by atoms with Gasteiger partial charge in [0.1, 0.15) is 11.9 Å². The van der Waals surface area contributed by atoms with E-state index in [1.54, 1.807) is 18.2 Å². The molecule has 0 bridgehead atoms. The molecule has 1 N–H and O–H groups in total. The average molecular weight is 345 g/mol. The normalized spacial score (nSPS) is 12.0. The predicted molar refractivity (Wildman–Crippen MR) is 91.2 cm³/mol. The average Bonchev–Trinajstić information content (AvgIpc) is 2.43. The molecular formula is C16H16Cl3NO. The first kappa shape index (κ1) is 16.3. The summed E-state index contributed by atoms with van der Waals surface area (Å²) in [4.78, 5) is 0. The molecule has 0 saturated heterocycles. The lowest BCUT2D eigenvalue weighted by atomic mass is 10.2. The van der Waals surface area contributed by atoms with E-state index in [-0.39, 0.29) is 6.10 Å². The summed E-state index contributed by atoms with van der Waals surface area (Å²) in [6, 6.07) is 10.9. The Hall–Kier alpha value is -1.09. The summed E-state index contributed by atoms with van der Waals surface area (Å²) < 4.78 is 5.81. The van der Waals surface area contributed by atoms with Crippen molar-refractivity contribution < 1.29 is 4.74 Å². The second kappa shape index (κ2) is 7.26. The Morgan fingerprint density at radius 3 is 2.43 bits per heavy atom. The molecule has 0 aliphatic heterocycles. The van der Waals surface area contributed by atoms with Crippen molar-refractivity contribution >= 4 is 40.5 Å². The zero-order valence-corrected chi connectivity index (χ0v) is 14.1. The van der Waals surface area contributed by atoms with Crippen molar-refractivity contribution in [2.24, 2.45) is 0 Å². The van der Waals surface area contributed by atoms with Gasteiger partial charge in [0, 0.05) is 15.7 Å². The largest absolute Gasteiger partial charge is 0.487 e. The van der Waals surface area contributed by atoms with Gasteiger partial charge in [0.2, 0.25) is 0 Å². The number of nitrogens with one attached hydrogen (secondary N) is 1. The van der Waals surface area contributed by atoms with Gasteiger partial charge in [-0.15, -0.1) is 0 Å². The fourth-order valence-electron chi connectivity index (χ4n) is 1.87. The molecule has 0 radical (unpaired) electrons. The van der Waals surface area contributed by atoms with E-state index in [9.17, 15) is 0 Å². The van der Waals surface area contributed by atoms with Gasteiger partial charge >= 0.3 is 0 Å². The molecule has 1 atom stereocenters. The molecule has 0 fully saturated rings. The number of aryl methyl sites for hydroxylation is 1. The first-order valence-corrected chi connectivity index (χ1v) is 7.71. The van der Waals surface area contributed by atoms with Crippen molar-refractivity contribution in [2.45, 2.75) is 20.0 Å². The topological polar surface area (TPSA) is 21.3 Å². The minimum atomic E-state index is -0.0537. The highest BCUT2D eigenvalue weighted by atomic mass is 35.5. The Morgan fingerprint density at radius 1 is 1.05 bits per heavy atom. The number of ether oxygens (including phenoxy) is 1. The molecule has 5 heteroatoms. The Kier molecular flexibility index (Phi) is 5.63. The summed E-state index contributed by atoms with van der Waals surface area (Å²) in [5.74, 6) is 0.623. The number of rotatable bonds is 5. The molecule has 0 aliphatic carbocycles. The minimum absolute atomic E-state index is 0.0537. The summed E-state index contributed by atoms with van der Waals surface area (Å²) in [6.45, 7) is 4.64. The minimum Gasteiger partial charge on any atom is -0.487 e. The van der Waals surface area contributed by atoms with Crippen molar-refractivity contribution in [1.29, 1.82) is 0 Å². The number of hydrogen-bond donors (Lipinski definition) is 1. The quantitative estimate of drug-likeness (QED) is 0.736. The summed E-state index contributed by atoms with van der Waals surface area (Å²) >= 11 is 17.9. The van der Waals surface area contributed by atoms with Gasteiger partial charge in [0.05, 0.1) is 11.6 Å². The van der Waals surface area contributed by atoms with Crippen molar-refractivity contribution in [3.8, 4) is 5.75 Å². The molecule has 2 aromatic carbocycles. The van der Waals surface area contributed by atoms with E-state index in [1.165, 1.54) is 0 Å². The Labute approximate surface area is 140 Å². The molecule has 2 aromatic rings. The van der Waals surface area contributed by atoms with Crippen LogP contribution in [0.1, 0.15) is 12.5 Å². The lowest BCUT2D eigenvalue weighted by Gasteiger charge is -2.18. The lowest BCUT2D eigenvalue weighted by molar-refractivity contribution is 0.235. The Bertz CT molecular complexity index is 631. The summed E-state index contributed by atoms with van der Waals surface area (Å²) in [5.41, 5.74) is 2.14. The van der Waals surface area contributed by atoms with Crippen LogP contribution >= 0.6 is 34.8 Å². The molecule has 0 amide bonds. The zero-order chi connectivity index (χ0) is 15.4. The SMILES string of the molecule is Cc1ccc(Cl)cc1NCC(C)Oc1ccc(Cl)cc1Cl. The van der Waals surface area contributed by atoms with E-state index in [0.717, 1.165) is 11.3 Å². The molecule has 2 rings (SSSR count). The van der Waals surface area contributed by atoms with Crippen LogP contribution in [0.3, 0.4) is 0 Å². The third kappa shape index (κ3) is 4.70. The molecule has 0 heterocycles. The van der Waals surface area contributed by atoms with Crippen LogP contribution in [0.25, 0.3) is 0 Å². The maximum absolute atomic E-state index is 6.09. The van der Waals surface area contributed by atoms with Crippen molar-refractivity contribution in [2.75, 3.05) is 11.9 Å². The molecule has 112 valence electrons. The molecule has 1 unspecified atom stereocenters. The molecule has 0 aromatic heterocycles. The predicted octanol–water partition coefficient (Wildman–Crippen LogP) is 5.83. The monoisotopic (exact) mass is 343 g/mol. The molecule has 21 heavy (non-hydrogen) atoms. The van der Waals surface area contributed by atoms with Crippen molar-refractivity contribution in [3.05, 3.63) is 57.0 Å². The van der Waals surface area contributed by atoms with Crippen molar-refractivity contribution in [1.82, 2.24) is 0 Å². The van der Waals surface area contributed by atoms with E-state index in [0.29, 0.717) is 27.4 Å². The van der Waals surface area contributed by atoms with Gasteiger partial charge < -0.3 is 10.1 Å². The van der Waals surface area contributed by atoms with Crippen LogP contribution in [0.15, 0.2) is 36.4 Å². The standard InChI is InChI=1S/C16H16Cl3NO/c1-10-3-4-13(18)8-15(10)20-9-11(2)21-16-6-5-12(17)7-14(16)19/h3-8,11,20H,9H2,1-2H3. The second-order valence-electron chi connectivity index (χ2n) is 4.84. The summed E-state index contributed by atoms with van der Waals surface area (Å²) in [7, 11) is 0. The van der Waals surface area contributed by atoms with Gasteiger partial charge in [-0.3, -0.25) is 0 Å². The third-order valence-corrected chi connectivity index (χ3v) is 3.77. The van der Waals surface area contributed by atoms with Gasteiger partial charge in [-0.1, -0.05) is 40.9 Å². The number of halogens is 3.